The van der Waals surface area contributed by atoms with Gasteiger partial charge in [-0.3, -0.25) is 0 Å². The van der Waals surface area contributed by atoms with Gasteiger partial charge in [-0.2, -0.15) is 0 Å². The predicted octanol–water partition coefficient (Wildman–Crippen LogP) is 4.30. The molecule has 1 saturated carbocycles. The highest BCUT2D eigenvalue weighted by Crippen LogP contribution is 2.39. The Morgan fingerprint density at radius 1 is 1.38 bits per heavy atom. The average molecular weight is 350 g/mol. The molecule has 1 unspecified atom stereocenters. The topological polar surface area (TPSA) is 43.8 Å². The van der Waals surface area contributed by atoms with Gasteiger partial charge in [0.1, 0.15) is 5.82 Å². The second-order valence-corrected chi connectivity index (χ2v) is 7.61. The smallest absolute Gasteiger partial charge is 0.110 e. The summed E-state index contributed by atoms with van der Waals surface area (Å²) in [6.45, 7) is 5.28. The third-order valence-electron chi connectivity index (χ3n) is 4.25. The molecule has 1 aliphatic rings. The summed E-state index contributed by atoms with van der Waals surface area (Å²) in [5.74, 6) is 2.44. The van der Waals surface area contributed by atoms with E-state index in [4.69, 9.17) is 10.7 Å². The molecule has 0 spiro atoms. The number of nitrogens with zero attached hydrogens (tertiary/aromatic N) is 2. The van der Waals surface area contributed by atoms with Gasteiger partial charge in [0.25, 0.3) is 0 Å². The van der Waals surface area contributed by atoms with Crippen LogP contribution in [-0.2, 0) is 6.42 Å². The third kappa shape index (κ3) is 3.32. The Kier molecular flexibility index (Phi) is 4.36. The van der Waals surface area contributed by atoms with Crippen molar-refractivity contribution < 1.29 is 0 Å². The number of hydrogen-bond donors (Lipinski definition) is 1. The summed E-state index contributed by atoms with van der Waals surface area (Å²) in [7, 11) is 0. The fraction of sp³-hybridized carbons (Fsp3) is 0.588. The Balaban J connectivity index is 1.95. The molecule has 1 fully saturated rings. The van der Waals surface area contributed by atoms with Crippen molar-refractivity contribution in [3.05, 3.63) is 28.5 Å². The molecule has 1 aromatic carbocycles. The first-order chi connectivity index (χ1) is 10.1. The zero-order chi connectivity index (χ0) is 15.0. The van der Waals surface area contributed by atoms with Crippen molar-refractivity contribution in [3.8, 4) is 0 Å². The van der Waals surface area contributed by atoms with E-state index in [0.29, 0.717) is 17.9 Å². The molecule has 1 aliphatic carbocycles. The zero-order valence-electron chi connectivity index (χ0n) is 12.8. The normalized spacial score (nSPS) is 16.8. The van der Waals surface area contributed by atoms with Gasteiger partial charge < -0.3 is 10.3 Å². The van der Waals surface area contributed by atoms with E-state index in [1.165, 1.54) is 30.6 Å². The van der Waals surface area contributed by atoms with E-state index in [0.717, 1.165) is 23.0 Å². The van der Waals surface area contributed by atoms with E-state index < -0.39 is 0 Å². The summed E-state index contributed by atoms with van der Waals surface area (Å²) in [6.07, 6.45) is 4.74. The van der Waals surface area contributed by atoms with Crippen LogP contribution >= 0.6 is 15.9 Å². The number of nitrogens with two attached hydrogens (primary N) is 1. The van der Waals surface area contributed by atoms with E-state index in [9.17, 15) is 0 Å². The van der Waals surface area contributed by atoms with Crippen LogP contribution in [-0.4, -0.2) is 16.1 Å². The summed E-state index contributed by atoms with van der Waals surface area (Å²) in [5.41, 5.74) is 8.36. The van der Waals surface area contributed by atoms with Crippen molar-refractivity contribution in [2.24, 2.45) is 17.6 Å². The number of halogens is 1. The van der Waals surface area contributed by atoms with Crippen LogP contribution in [0, 0.1) is 11.8 Å². The second-order valence-electron chi connectivity index (χ2n) is 6.70. The molecule has 1 heterocycles. The highest BCUT2D eigenvalue weighted by molar-refractivity contribution is 9.10. The molecule has 21 heavy (non-hydrogen) atoms. The molecule has 0 saturated heterocycles. The quantitative estimate of drug-likeness (QED) is 0.844. The molecule has 3 rings (SSSR count). The van der Waals surface area contributed by atoms with Gasteiger partial charge >= 0.3 is 0 Å². The Morgan fingerprint density at radius 3 is 2.76 bits per heavy atom. The van der Waals surface area contributed by atoms with Gasteiger partial charge in [-0.25, -0.2) is 4.98 Å². The summed E-state index contributed by atoms with van der Waals surface area (Å²) in [4.78, 5) is 4.91. The minimum atomic E-state index is 0.530. The van der Waals surface area contributed by atoms with E-state index in [-0.39, 0.29) is 0 Å². The Labute approximate surface area is 135 Å². The molecule has 0 aliphatic heterocycles. The SMILES string of the molecule is CC(C)CC(CN)Cc1nc2cc(Br)ccc2n1C1CC1. The summed E-state index contributed by atoms with van der Waals surface area (Å²) in [5, 5.41) is 0. The molecular weight excluding hydrogens is 326 g/mol. The highest BCUT2D eigenvalue weighted by Gasteiger charge is 2.29. The molecule has 3 nitrogen and oxygen atoms in total. The third-order valence-corrected chi connectivity index (χ3v) is 4.74. The first kappa shape index (κ1) is 15.0. The molecule has 0 amide bonds. The van der Waals surface area contributed by atoms with Gasteiger partial charge in [-0.05, 0) is 55.8 Å². The van der Waals surface area contributed by atoms with Crippen LogP contribution in [0.2, 0.25) is 0 Å². The maximum absolute atomic E-state index is 5.98. The molecule has 0 bridgehead atoms. The van der Waals surface area contributed by atoms with Crippen molar-refractivity contribution in [2.45, 2.75) is 45.6 Å². The highest BCUT2D eigenvalue weighted by atomic mass is 79.9. The minimum Gasteiger partial charge on any atom is -0.330 e. The lowest BCUT2D eigenvalue weighted by molar-refractivity contribution is 0.403. The maximum Gasteiger partial charge on any atom is 0.110 e. The first-order valence-corrected chi connectivity index (χ1v) is 8.74. The van der Waals surface area contributed by atoms with E-state index >= 15 is 0 Å². The molecule has 114 valence electrons. The van der Waals surface area contributed by atoms with Gasteiger partial charge in [0.2, 0.25) is 0 Å². The molecule has 2 N–H and O–H groups in total. The van der Waals surface area contributed by atoms with Crippen LogP contribution in [0.3, 0.4) is 0 Å². The fourth-order valence-corrected chi connectivity index (χ4v) is 3.54. The van der Waals surface area contributed by atoms with E-state index in [2.05, 4.69) is 52.5 Å². The lowest BCUT2D eigenvalue weighted by Gasteiger charge is -2.17. The standard InChI is InChI=1S/C17H24BrN3/c1-11(2)7-12(10-19)8-17-20-15-9-13(18)3-6-16(15)21(17)14-4-5-14/h3,6,9,11-12,14H,4-5,7-8,10,19H2,1-2H3. The molecule has 1 atom stereocenters. The lowest BCUT2D eigenvalue weighted by atomic mass is 9.94. The van der Waals surface area contributed by atoms with Crippen molar-refractivity contribution in [1.29, 1.82) is 0 Å². The lowest BCUT2D eigenvalue weighted by Crippen LogP contribution is -2.20. The van der Waals surface area contributed by atoms with Gasteiger partial charge in [0.15, 0.2) is 0 Å². The van der Waals surface area contributed by atoms with Gasteiger partial charge in [-0.15, -0.1) is 0 Å². The van der Waals surface area contributed by atoms with Crippen molar-refractivity contribution in [1.82, 2.24) is 9.55 Å². The predicted molar refractivity (Wildman–Crippen MR) is 91.4 cm³/mol. The van der Waals surface area contributed by atoms with Gasteiger partial charge in [0.05, 0.1) is 11.0 Å². The number of rotatable bonds is 6. The number of benzene rings is 1. The number of fused-ring (bicyclic) bond motifs is 1. The minimum absolute atomic E-state index is 0.530. The molecule has 2 aromatic rings. The molecular formula is C17H24BrN3. The van der Waals surface area contributed by atoms with E-state index in [1.807, 2.05) is 0 Å². The van der Waals surface area contributed by atoms with Crippen LogP contribution in [0.4, 0.5) is 0 Å². The molecule has 0 radical (unpaired) electrons. The van der Waals surface area contributed by atoms with Crippen molar-refractivity contribution in [2.75, 3.05) is 6.54 Å². The van der Waals surface area contributed by atoms with Crippen LogP contribution in [0.5, 0.6) is 0 Å². The van der Waals surface area contributed by atoms with Crippen LogP contribution in [0.15, 0.2) is 22.7 Å². The van der Waals surface area contributed by atoms with E-state index in [1.54, 1.807) is 0 Å². The summed E-state index contributed by atoms with van der Waals surface area (Å²) in [6, 6.07) is 7.08. The Hall–Kier alpha value is -0.870. The second kappa shape index (κ2) is 6.09. The monoisotopic (exact) mass is 349 g/mol. The van der Waals surface area contributed by atoms with Crippen molar-refractivity contribution in [3.63, 3.8) is 0 Å². The summed E-state index contributed by atoms with van der Waals surface area (Å²) < 4.78 is 3.56. The molecule has 4 heteroatoms. The first-order valence-electron chi connectivity index (χ1n) is 7.95. The largest absolute Gasteiger partial charge is 0.330 e. The molecule has 1 aromatic heterocycles. The zero-order valence-corrected chi connectivity index (χ0v) is 14.4. The maximum atomic E-state index is 5.98. The van der Waals surface area contributed by atoms with Gasteiger partial charge in [0, 0.05) is 16.9 Å². The fourth-order valence-electron chi connectivity index (χ4n) is 3.19. The Morgan fingerprint density at radius 2 is 2.14 bits per heavy atom. The Bertz CT molecular complexity index is 628. The van der Waals surface area contributed by atoms with Crippen LogP contribution in [0.1, 0.15) is 45.0 Å². The van der Waals surface area contributed by atoms with Crippen LogP contribution < -0.4 is 5.73 Å². The number of hydrogen-bond acceptors (Lipinski definition) is 2. The average Bonchev–Trinajstić information content (AvgIpc) is 3.19. The van der Waals surface area contributed by atoms with Gasteiger partial charge in [-0.1, -0.05) is 29.8 Å². The van der Waals surface area contributed by atoms with Crippen molar-refractivity contribution >= 4 is 27.0 Å². The number of aromatic nitrogens is 2. The number of imidazole rings is 1. The summed E-state index contributed by atoms with van der Waals surface area (Å²) >= 11 is 3.55. The van der Waals surface area contributed by atoms with Crippen LogP contribution in [0.25, 0.3) is 11.0 Å².